The molecule has 0 bridgehead atoms. The van der Waals surface area contributed by atoms with Crippen LogP contribution < -0.4 is 15.0 Å². The van der Waals surface area contributed by atoms with Crippen molar-refractivity contribution < 1.29 is 14.3 Å². The Kier molecular flexibility index (Phi) is 3.68. The van der Waals surface area contributed by atoms with Gasteiger partial charge in [0.05, 0.1) is 11.7 Å². The Bertz CT molecular complexity index is 618. The van der Waals surface area contributed by atoms with Crippen LogP contribution in [0.4, 0.5) is 5.69 Å². The molecule has 1 amide bonds. The minimum absolute atomic E-state index is 0.0777. The first-order valence-electron chi connectivity index (χ1n) is 7.86. The fourth-order valence-electron chi connectivity index (χ4n) is 3.14. The van der Waals surface area contributed by atoms with Crippen LogP contribution in [-0.2, 0) is 4.79 Å². The van der Waals surface area contributed by atoms with E-state index in [1.165, 1.54) is 0 Å². The SMILES string of the molecule is CCN1C(=O)C(C)(C)Oc2ccc(C(=O)C3CCCN3)cc21. The zero-order valence-electron chi connectivity index (χ0n) is 13.3. The molecule has 1 aromatic carbocycles. The Morgan fingerprint density at radius 3 is 2.86 bits per heavy atom. The molecule has 0 saturated carbocycles. The van der Waals surface area contributed by atoms with Crippen molar-refractivity contribution in [2.24, 2.45) is 0 Å². The van der Waals surface area contributed by atoms with E-state index < -0.39 is 5.60 Å². The van der Waals surface area contributed by atoms with Crippen molar-refractivity contribution in [3.8, 4) is 5.75 Å². The molecule has 1 atom stereocenters. The number of anilines is 1. The van der Waals surface area contributed by atoms with Gasteiger partial charge in [-0.2, -0.15) is 0 Å². The molecule has 0 aromatic heterocycles. The third-order valence-electron chi connectivity index (χ3n) is 4.35. The van der Waals surface area contributed by atoms with Crippen molar-refractivity contribution in [2.75, 3.05) is 18.0 Å². The van der Waals surface area contributed by atoms with Crippen LogP contribution in [0.2, 0.25) is 0 Å². The van der Waals surface area contributed by atoms with E-state index in [4.69, 9.17) is 4.74 Å². The van der Waals surface area contributed by atoms with Crippen LogP contribution in [0.1, 0.15) is 44.0 Å². The minimum Gasteiger partial charge on any atom is -0.476 e. The number of fused-ring (bicyclic) bond motifs is 1. The molecule has 1 aromatic rings. The lowest BCUT2D eigenvalue weighted by Gasteiger charge is -2.38. The number of benzene rings is 1. The highest BCUT2D eigenvalue weighted by Gasteiger charge is 2.40. The maximum atomic E-state index is 12.5. The van der Waals surface area contributed by atoms with E-state index in [1.807, 2.05) is 6.92 Å². The quantitative estimate of drug-likeness (QED) is 0.869. The van der Waals surface area contributed by atoms with Gasteiger partial charge in [-0.15, -0.1) is 0 Å². The van der Waals surface area contributed by atoms with Gasteiger partial charge in [-0.25, -0.2) is 0 Å². The lowest BCUT2D eigenvalue weighted by atomic mass is 9.99. The van der Waals surface area contributed by atoms with Crippen molar-refractivity contribution in [2.45, 2.75) is 45.3 Å². The zero-order chi connectivity index (χ0) is 15.9. The molecule has 0 aliphatic carbocycles. The van der Waals surface area contributed by atoms with Gasteiger partial charge in [0.1, 0.15) is 5.75 Å². The highest BCUT2D eigenvalue weighted by atomic mass is 16.5. The van der Waals surface area contributed by atoms with Crippen LogP contribution in [0, 0.1) is 0 Å². The second-order valence-electron chi connectivity index (χ2n) is 6.36. The molecule has 22 heavy (non-hydrogen) atoms. The van der Waals surface area contributed by atoms with Gasteiger partial charge in [0, 0.05) is 12.1 Å². The second kappa shape index (κ2) is 5.39. The van der Waals surface area contributed by atoms with Gasteiger partial charge in [0.25, 0.3) is 5.91 Å². The maximum Gasteiger partial charge on any atom is 0.270 e. The monoisotopic (exact) mass is 302 g/mol. The average Bonchev–Trinajstić information content (AvgIpc) is 3.01. The highest BCUT2D eigenvalue weighted by molar-refractivity contribution is 6.05. The van der Waals surface area contributed by atoms with Crippen LogP contribution in [-0.4, -0.2) is 36.4 Å². The molecule has 3 rings (SSSR count). The smallest absolute Gasteiger partial charge is 0.270 e. The van der Waals surface area contributed by atoms with Crippen LogP contribution in [0.15, 0.2) is 18.2 Å². The molecular weight excluding hydrogens is 280 g/mol. The van der Waals surface area contributed by atoms with Crippen LogP contribution in [0.3, 0.4) is 0 Å². The predicted molar refractivity (Wildman–Crippen MR) is 84.5 cm³/mol. The van der Waals surface area contributed by atoms with E-state index in [-0.39, 0.29) is 17.7 Å². The fraction of sp³-hybridized carbons (Fsp3) is 0.529. The standard InChI is InChI=1S/C17H22N2O3/c1-4-19-13-10-11(15(20)12-6-5-9-18-12)7-8-14(13)22-17(2,3)16(19)21/h7-8,10,12,18H,4-6,9H2,1-3H3. The van der Waals surface area contributed by atoms with E-state index in [0.29, 0.717) is 23.5 Å². The number of likely N-dealkylation sites (N-methyl/N-ethyl adjacent to an activating group) is 1. The van der Waals surface area contributed by atoms with E-state index in [9.17, 15) is 9.59 Å². The number of carbonyl (C=O) groups excluding carboxylic acids is 2. The molecule has 0 spiro atoms. The normalized spacial score (nSPS) is 23.1. The molecule has 5 nitrogen and oxygen atoms in total. The van der Waals surface area contributed by atoms with Crippen molar-refractivity contribution in [1.29, 1.82) is 0 Å². The first kappa shape index (κ1) is 15.0. The van der Waals surface area contributed by atoms with Gasteiger partial charge in [-0.05, 0) is 58.4 Å². The summed E-state index contributed by atoms with van der Waals surface area (Å²) in [5, 5.41) is 3.22. The first-order valence-corrected chi connectivity index (χ1v) is 7.86. The highest BCUT2D eigenvalue weighted by Crippen LogP contribution is 2.38. The van der Waals surface area contributed by atoms with E-state index in [2.05, 4.69) is 5.32 Å². The number of ketones is 1. The summed E-state index contributed by atoms with van der Waals surface area (Å²) in [5.74, 6) is 0.669. The number of hydrogen-bond donors (Lipinski definition) is 1. The summed E-state index contributed by atoms with van der Waals surface area (Å²) in [6, 6.07) is 5.27. The van der Waals surface area contributed by atoms with Gasteiger partial charge in [0.2, 0.25) is 0 Å². The molecule has 1 fully saturated rings. The zero-order valence-corrected chi connectivity index (χ0v) is 13.3. The molecule has 2 heterocycles. The summed E-state index contributed by atoms with van der Waals surface area (Å²) in [7, 11) is 0. The number of hydrogen-bond acceptors (Lipinski definition) is 4. The number of rotatable bonds is 3. The number of nitrogens with one attached hydrogen (secondary N) is 1. The Balaban J connectivity index is 1.97. The number of amides is 1. The van der Waals surface area contributed by atoms with Gasteiger partial charge >= 0.3 is 0 Å². The molecule has 5 heteroatoms. The number of ether oxygens (including phenoxy) is 1. The number of Topliss-reactive ketones (excluding diaryl/α,β-unsaturated/α-hetero) is 1. The van der Waals surface area contributed by atoms with Gasteiger partial charge < -0.3 is 15.0 Å². The minimum atomic E-state index is -0.873. The van der Waals surface area contributed by atoms with Crippen molar-refractivity contribution in [3.05, 3.63) is 23.8 Å². The van der Waals surface area contributed by atoms with Crippen molar-refractivity contribution >= 4 is 17.4 Å². The average molecular weight is 302 g/mol. The summed E-state index contributed by atoms with van der Waals surface area (Å²) >= 11 is 0. The van der Waals surface area contributed by atoms with Crippen LogP contribution in [0.5, 0.6) is 5.75 Å². The predicted octanol–water partition coefficient (Wildman–Crippen LogP) is 2.15. The van der Waals surface area contributed by atoms with E-state index in [0.717, 1.165) is 19.4 Å². The second-order valence-corrected chi connectivity index (χ2v) is 6.36. The lowest BCUT2D eigenvalue weighted by Crippen LogP contribution is -2.52. The van der Waals surface area contributed by atoms with E-state index >= 15 is 0 Å². The topological polar surface area (TPSA) is 58.6 Å². The molecule has 1 N–H and O–H groups in total. The molecule has 1 saturated heterocycles. The third kappa shape index (κ3) is 2.39. The summed E-state index contributed by atoms with van der Waals surface area (Å²) < 4.78 is 5.81. The molecular formula is C17H22N2O3. The Morgan fingerprint density at radius 1 is 1.45 bits per heavy atom. The van der Waals surface area contributed by atoms with Crippen LogP contribution >= 0.6 is 0 Å². The summed E-state index contributed by atoms with van der Waals surface area (Å²) in [4.78, 5) is 26.7. The van der Waals surface area contributed by atoms with Crippen molar-refractivity contribution in [3.63, 3.8) is 0 Å². The van der Waals surface area contributed by atoms with Gasteiger partial charge in [0.15, 0.2) is 11.4 Å². The Hall–Kier alpha value is -1.88. The largest absolute Gasteiger partial charge is 0.476 e. The van der Waals surface area contributed by atoms with Crippen molar-refractivity contribution in [1.82, 2.24) is 5.32 Å². The Morgan fingerprint density at radius 2 is 2.23 bits per heavy atom. The summed E-state index contributed by atoms with van der Waals surface area (Å²) in [6.07, 6.45) is 1.90. The Labute approximate surface area is 130 Å². The molecule has 2 aliphatic heterocycles. The van der Waals surface area contributed by atoms with Gasteiger partial charge in [-0.3, -0.25) is 9.59 Å². The van der Waals surface area contributed by atoms with Gasteiger partial charge in [-0.1, -0.05) is 0 Å². The number of carbonyl (C=O) groups is 2. The first-order chi connectivity index (χ1) is 10.4. The molecule has 2 aliphatic rings. The molecule has 118 valence electrons. The summed E-state index contributed by atoms with van der Waals surface area (Å²) in [5.41, 5.74) is 0.449. The van der Waals surface area contributed by atoms with E-state index in [1.54, 1.807) is 36.9 Å². The third-order valence-corrected chi connectivity index (χ3v) is 4.35. The fourth-order valence-corrected chi connectivity index (χ4v) is 3.14. The number of nitrogens with zero attached hydrogens (tertiary/aromatic N) is 1. The maximum absolute atomic E-state index is 12.5. The molecule has 1 unspecified atom stereocenters. The summed E-state index contributed by atoms with van der Waals surface area (Å²) in [6.45, 7) is 6.90. The lowest BCUT2D eigenvalue weighted by molar-refractivity contribution is -0.132. The van der Waals surface area contributed by atoms with Crippen LogP contribution in [0.25, 0.3) is 0 Å². The molecule has 0 radical (unpaired) electrons.